The van der Waals surface area contributed by atoms with Crippen molar-refractivity contribution in [3.05, 3.63) is 23.8 Å². The first-order valence-electron chi connectivity index (χ1n) is 5.40. The number of para-hydroxylation sites is 1. The van der Waals surface area contributed by atoms with Gasteiger partial charge in [-0.2, -0.15) is 0 Å². The zero-order valence-electron chi connectivity index (χ0n) is 9.93. The quantitative estimate of drug-likeness (QED) is 0.584. The second kappa shape index (κ2) is 6.75. The fraction of sp³-hybridized carbons (Fsp3) is 0.417. The predicted molar refractivity (Wildman–Crippen MR) is 61.7 cm³/mol. The van der Waals surface area contributed by atoms with Crippen molar-refractivity contribution in [2.75, 3.05) is 20.0 Å². The van der Waals surface area contributed by atoms with Crippen molar-refractivity contribution in [1.29, 1.82) is 0 Å². The molecule has 0 saturated carbocycles. The maximum Gasteiger partial charge on any atom is 0.339 e. The number of hydrogen-bond donors (Lipinski definition) is 1. The Hall–Kier alpha value is -1.75. The summed E-state index contributed by atoms with van der Waals surface area (Å²) in [7, 11) is 0. The van der Waals surface area contributed by atoms with E-state index in [1.54, 1.807) is 12.1 Å². The number of carboxylic acid groups (broad SMARTS) is 1. The molecule has 0 fully saturated rings. The lowest BCUT2D eigenvalue weighted by molar-refractivity contribution is 0.0195. The first-order chi connectivity index (χ1) is 8.20. The van der Waals surface area contributed by atoms with Crippen molar-refractivity contribution in [1.82, 2.24) is 0 Å². The van der Waals surface area contributed by atoms with Crippen LogP contribution >= 0.6 is 0 Å². The maximum atomic E-state index is 11.0. The molecule has 1 aromatic carbocycles. The summed E-state index contributed by atoms with van der Waals surface area (Å²) in [5.74, 6) is -0.444. The molecule has 0 bridgehead atoms. The lowest BCUT2D eigenvalue weighted by Crippen LogP contribution is -2.09. The topological polar surface area (TPSA) is 65.0 Å². The summed E-state index contributed by atoms with van der Waals surface area (Å²) in [6, 6.07) is 4.74. The molecule has 0 spiro atoms. The third-order valence-corrected chi connectivity index (χ3v) is 2.00. The second-order valence-corrected chi connectivity index (χ2v) is 3.13. The van der Waals surface area contributed by atoms with Gasteiger partial charge in [0.2, 0.25) is 0 Å². The van der Waals surface area contributed by atoms with Crippen molar-refractivity contribution < 1.29 is 24.1 Å². The third-order valence-electron chi connectivity index (χ3n) is 2.00. The van der Waals surface area contributed by atoms with Crippen LogP contribution in [0.1, 0.15) is 24.2 Å². The van der Waals surface area contributed by atoms with Gasteiger partial charge in [0.15, 0.2) is 18.3 Å². The molecule has 17 heavy (non-hydrogen) atoms. The van der Waals surface area contributed by atoms with E-state index in [-0.39, 0.29) is 18.1 Å². The highest BCUT2D eigenvalue weighted by Crippen LogP contribution is 2.31. The third kappa shape index (κ3) is 3.64. The smallest absolute Gasteiger partial charge is 0.339 e. The van der Waals surface area contributed by atoms with Gasteiger partial charge in [-0.15, -0.1) is 0 Å². The second-order valence-electron chi connectivity index (χ2n) is 3.13. The van der Waals surface area contributed by atoms with Gasteiger partial charge in [-0.25, -0.2) is 4.79 Å². The Bertz CT molecular complexity index is 375. The fourth-order valence-corrected chi connectivity index (χ4v) is 1.29. The summed E-state index contributed by atoms with van der Waals surface area (Å²) in [6.07, 6.45) is 0. The van der Waals surface area contributed by atoms with E-state index >= 15 is 0 Å². The van der Waals surface area contributed by atoms with Crippen LogP contribution in [0.4, 0.5) is 0 Å². The molecular weight excluding hydrogens is 224 g/mol. The van der Waals surface area contributed by atoms with Crippen LogP contribution in [-0.4, -0.2) is 31.1 Å². The molecule has 0 amide bonds. The fourth-order valence-electron chi connectivity index (χ4n) is 1.29. The van der Waals surface area contributed by atoms with Crippen LogP contribution < -0.4 is 9.47 Å². The van der Waals surface area contributed by atoms with Crippen LogP contribution in [0.5, 0.6) is 11.5 Å². The van der Waals surface area contributed by atoms with Gasteiger partial charge >= 0.3 is 5.97 Å². The predicted octanol–water partition coefficient (Wildman–Crippen LogP) is 2.16. The van der Waals surface area contributed by atoms with Gasteiger partial charge in [0, 0.05) is 6.61 Å². The highest BCUT2D eigenvalue weighted by atomic mass is 16.7. The van der Waals surface area contributed by atoms with E-state index in [4.69, 9.17) is 19.3 Å². The molecule has 0 atom stereocenters. The van der Waals surface area contributed by atoms with Crippen LogP contribution in [0, 0.1) is 0 Å². The minimum atomic E-state index is -1.06. The lowest BCUT2D eigenvalue weighted by Gasteiger charge is -2.13. The Balaban J connectivity index is 2.96. The zero-order chi connectivity index (χ0) is 12.7. The Morgan fingerprint density at radius 3 is 2.59 bits per heavy atom. The summed E-state index contributed by atoms with van der Waals surface area (Å²) >= 11 is 0. The monoisotopic (exact) mass is 240 g/mol. The molecule has 94 valence electrons. The van der Waals surface area contributed by atoms with E-state index < -0.39 is 5.97 Å². The SMILES string of the molecule is CCOCOc1c(OCC)cccc1C(=O)O. The number of carboxylic acids is 1. The molecule has 0 aliphatic heterocycles. The van der Waals surface area contributed by atoms with Gasteiger partial charge in [-0.05, 0) is 26.0 Å². The number of benzene rings is 1. The minimum absolute atomic E-state index is 0.000861. The van der Waals surface area contributed by atoms with Gasteiger partial charge in [-0.1, -0.05) is 6.07 Å². The molecule has 1 rings (SSSR count). The summed E-state index contributed by atoms with van der Waals surface area (Å²) in [5, 5.41) is 9.04. The van der Waals surface area contributed by atoms with Crippen LogP contribution in [0.15, 0.2) is 18.2 Å². The average Bonchev–Trinajstić information content (AvgIpc) is 2.31. The van der Waals surface area contributed by atoms with Crippen molar-refractivity contribution in [3.63, 3.8) is 0 Å². The summed E-state index contributed by atoms with van der Waals surface area (Å²) < 4.78 is 15.6. The highest BCUT2D eigenvalue weighted by molar-refractivity contribution is 5.92. The molecule has 1 N–H and O–H groups in total. The summed E-state index contributed by atoms with van der Waals surface area (Å²) in [5.41, 5.74) is 0.0654. The van der Waals surface area contributed by atoms with Crippen LogP contribution in [-0.2, 0) is 4.74 Å². The standard InChI is InChI=1S/C12H16O5/c1-3-15-8-17-11-9(12(13)14)6-5-7-10(11)16-4-2/h5-7H,3-4,8H2,1-2H3,(H,13,14). The largest absolute Gasteiger partial charge is 0.490 e. The van der Waals surface area contributed by atoms with E-state index in [1.165, 1.54) is 6.07 Å². The van der Waals surface area contributed by atoms with Gasteiger partial charge in [0.25, 0.3) is 0 Å². The van der Waals surface area contributed by atoms with Crippen LogP contribution in [0.25, 0.3) is 0 Å². The number of aromatic carboxylic acids is 1. The number of carbonyl (C=O) groups is 1. The molecule has 5 heteroatoms. The zero-order valence-corrected chi connectivity index (χ0v) is 9.93. The molecule has 0 aromatic heterocycles. The van der Waals surface area contributed by atoms with Crippen molar-refractivity contribution in [2.45, 2.75) is 13.8 Å². The first kappa shape index (κ1) is 13.3. The van der Waals surface area contributed by atoms with Crippen LogP contribution in [0.3, 0.4) is 0 Å². The van der Waals surface area contributed by atoms with Gasteiger partial charge in [0.1, 0.15) is 5.56 Å². The van der Waals surface area contributed by atoms with Crippen LogP contribution in [0.2, 0.25) is 0 Å². The molecule has 5 nitrogen and oxygen atoms in total. The number of hydrogen-bond acceptors (Lipinski definition) is 4. The molecule has 0 heterocycles. The van der Waals surface area contributed by atoms with Gasteiger partial charge in [-0.3, -0.25) is 0 Å². The molecular formula is C12H16O5. The van der Waals surface area contributed by atoms with E-state index in [0.717, 1.165) is 0 Å². The number of rotatable bonds is 7. The molecule has 0 radical (unpaired) electrons. The normalized spacial score (nSPS) is 10.0. The van der Waals surface area contributed by atoms with Crippen molar-refractivity contribution in [3.8, 4) is 11.5 Å². The molecule has 1 aromatic rings. The number of ether oxygens (including phenoxy) is 3. The average molecular weight is 240 g/mol. The van der Waals surface area contributed by atoms with Gasteiger partial charge < -0.3 is 19.3 Å². The van der Waals surface area contributed by atoms with E-state index in [0.29, 0.717) is 19.0 Å². The van der Waals surface area contributed by atoms with E-state index in [1.807, 2.05) is 13.8 Å². The van der Waals surface area contributed by atoms with Crippen molar-refractivity contribution >= 4 is 5.97 Å². The lowest BCUT2D eigenvalue weighted by atomic mass is 10.2. The maximum absolute atomic E-state index is 11.0. The molecule has 0 unspecified atom stereocenters. The van der Waals surface area contributed by atoms with E-state index in [2.05, 4.69) is 0 Å². The Labute approximate surface area is 99.9 Å². The first-order valence-corrected chi connectivity index (χ1v) is 5.40. The van der Waals surface area contributed by atoms with Gasteiger partial charge in [0.05, 0.1) is 6.61 Å². The molecule has 0 aliphatic carbocycles. The Morgan fingerprint density at radius 2 is 2.00 bits per heavy atom. The summed E-state index contributed by atoms with van der Waals surface area (Å²) in [6.45, 7) is 4.59. The van der Waals surface area contributed by atoms with Crippen molar-refractivity contribution in [2.24, 2.45) is 0 Å². The summed E-state index contributed by atoms with van der Waals surface area (Å²) in [4.78, 5) is 11.0. The minimum Gasteiger partial charge on any atom is -0.490 e. The highest BCUT2D eigenvalue weighted by Gasteiger charge is 2.16. The molecule has 0 aliphatic rings. The molecule has 0 saturated heterocycles. The van der Waals surface area contributed by atoms with E-state index in [9.17, 15) is 4.79 Å². The Morgan fingerprint density at radius 1 is 1.24 bits per heavy atom. The Kier molecular flexibility index (Phi) is 5.29.